The van der Waals surface area contributed by atoms with Crippen LogP contribution < -0.4 is 4.74 Å². The van der Waals surface area contributed by atoms with Gasteiger partial charge in [0.05, 0.1) is 29.8 Å². The van der Waals surface area contributed by atoms with Crippen LogP contribution in [0, 0.1) is 11.3 Å². The molecule has 0 aliphatic rings. The molecule has 2 rings (SSSR count). The molecular weight excluding hydrogens is 256 g/mol. The zero-order valence-electron chi connectivity index (χ0n) is 10.9. The molecule has 98 valence electrons. The Kier molecular flexibility index (Phi) is 4.93. The van der Waals surface area contributed by atoms with Crippen LogP contribution in [0.2, 0.25) is 0 Å². The molecule has 2 aromatic rings. The molecular formula is C15H16N2OS. The van der Waals surface area contributed by atoms with Gasteiger partial charge in [-0.3, -0.25) is 0 Å². The molecule has 0 radical (unpaired) electrons. The average molecular weight is 272 g/mol. The Hall–Kier alpha value is -1.86. The van der Waals surface area contributed by atoms with Gasteiger partial charge < -0.3 is 4.74 Å². The van der Waals surface area contributed by atoms with Crippen molar-refractivity contribution in [1.82, 2.24) is 4.98 Å². The van der Waals surface area contributed by atoms with Crippen molar-refractivity contribution in [3.63, 3.8) is 0 Å². The summed E-state index contributed by atoms with van der Waals surface area (Å²) in [6.45, 7) is 2.75. The van der Waals surface area contributed by atoms with Crippen molar-refractivity contribution >= 4 is 11.3 Å². The van der Waals surface area contributed by atoms with Gasteiger partial charge in [0.1, 0.15) is 5.75 Å². The maximum Gasteiger partial charge on any atom is 0.119 e. The maximum absolute atomic E-state index is 8.59. The van der Waals surface area contributed by atoms with Crippen LogP contribution in [0.15, 0.2) is 29.6 Å². The normalized spacial score (nSPS) is 10.1. The summed E-state index contributed by atoms with van der Waals surface area (Å²) >= 11 is 1.59. The Labute approximate surface area is 117 Å². The Morgan fingerprint density at radius 2 is 2.32 bits per heavy atom. The third kappa shape index (κ3) is 4.08. The molecule has 0 aliphatic heterocycles. The van der Waals surface area contributed by atoms with E-state index in [0.29, 0.717) is 13.0 Å². The summed E-state index contributed by atoms with van der Waals surface area (Å²) in [6, 6.07) is 10.3. The number of aromatic nitrogens is 1. The summed E-state index contributed by atoms with van der Waals surface area (Å²) in [5.74, 6) is 0.910. The Balaban J connectivity index is 1.83. The van der Waals surface area contributed by atoms with E-state index in [1.54, 1.807) is 11.3 Å². The third-order valence-corrected chi connectivity index (χ3v) is 3.71. The van der Waals surface area contributed by atoms with Crippen molar-refractivity contribution in [2.24, 2.45) is 0 Å². The molecule has 1 aromatic carbocycles. The maximum atomic E-state index is 8.59. The summed E-state index contributed by atoms with van der Waals surface area (Å²) in [5.41, 5.74) is 2.14. The van der Waals surface area contributed by atoms with E-state index in [9.17, 15) is 0 Å². The molecule has 0 unspecified atom stereocenters. The first kappa shape index (κ1) is 13.6. The predicted molar refractivity (Wildman–Crippen MR) is 76.5 cm³/mol. The van der Waals surface area contributed by atoms with E-state index in [1.165, 1.54) is 5.56 Å². The van der Waals surface area contributed by atoms with E-state index in [-0.39, 0.29) is 0 Å². The summed E-state index contributed by atoms with van der Waals surface area (Å²) in [4.78, 5) is 4.38. The second kappa shape index (κ2) is 6.91. The number of benzene rings is 1. The molecule has 3 nitrogen and oxygen atoms in total. The Morgan fingerprint density at radius 3 is 3.11 bits per heavy atom. The number of hydrogen-bond acceptors (Lipinski definition) is 4. The van der Waals surface area contributed by atoms with Gasteiger partial charge in [-0.15, -0.1) is 11.3 Å². The minimum atomic E-state index is 0.385. The minimum absolute atomic E-state index is 0.385. The smallest absolute Gasteiger partial charge is 0.119 e. The first-order valence-corrected chi connectivity index (χ1v) is 7.21. The van der Waals surface area contributed by atoms with Crippen LogP contribution in [0.3, 0.4) is 0 Å². The van der Waals surface area contributed by atoms with E-state index in [2.05, 4.69) is 30.1 Å². The van der Waals surface area contributed by atoms with Gasteiger partial charge in [0.15, 0.2) is 0 Å². The highest BCUT2D eigenvalue weighted by Gasteiger charge is 2.02. The highest BCUT2D eigenvalue weighted by Crippen LogP contribution is 2.15. The second-order valence-corrected chi connectivity index (χ2v) is 5.11. The predicted octanol–water partition coefficient (Wildman–Crippen LogP) is 3.39. The zero-order chi connectivity index (χ0) is 13.5. The fourth-order valence-corrected chi connectivity index (χ4v) is 2.52. The standard InChI is InChI=1S/C15H16N2OS/c1-2-12-4-3-5-14(10-12)18-9-7-15-17-13(6-8-16)11-19-15/h3-5,10-11H,2,6-7,9H2,1H3. The van der Waals surface area contributed by atoms with Crippen LogP contribution in [-0.2, 0) is 19.3 Å². The third-order valence-electron chi connectivity index (χ3n) is 2.75. The van der Waals surface area contributed by atoms with Crippen LogP contribution in [0.5, 0.6) is 5.75 Å². The second-order valence-electron chi connectivity index (χ2n) is 4.17. The van der Waals surface area contributed by atoms with Gasteiger partial charge in [-0.05, 0) is 24.1 Å². The van der Waals surface area contributed by atoms with E-state index in [1.807, 2.05) is 17.5 Å². The number of hydrogen-bond donors (Lipinski definition) is 0. The van der Waals surface area contributed by atoms with E-state index in [4.69, 9.17) is 10.00 Å². The van der Waals surface area contributed by atoms with E-state index in [0.717, 1.165) is 29.3 Å². The van der Waals surface area contributed by atoms with Crippen molar-refractivity contribution in [3.05, 3.63) is 45.9 Å². The lowest BCUT2D eigenvalue weighted by atomic mass is 10.2. The van der Waals surface area contributed by atoms with Gasteiger partial charge in [-0.1, -0.05) is 19.1 Å². The number of thiazole rings is 1. The van der Waals surface area contributed by atoms with Gasteiger partial charge in [0, 0.05) is 11.8 Å². The number of nitriles is 1. The molecule has 0 bridgehead atoms. The molecule has 0 amide bonds. The first-order valence-electron chi connectivity index (χ1n) is 6.33. The van der Waals surface area contributed by atoms with Crippen LogP contribution in [0.25, 0.3) is 0 Å². The molecule has 0 atom stereocenters. The Bertz CT molecular complexity index is 572. The lowest BCUT2D eigenvalue weighted by Gasteiger charge is -2.06. The van der Waals surface area contributed by atoms with Crippen LogP contribution >= 0.6 is 11.3 Å². The summed E-state index contributed by atoms with van der Waals surface area (Å²) in [5, 5.41) is 11.6. The van der Waals surface area contributed by atoms with Crippen molar-refractivity contribution in [1.29, 1.82) is 5.26 Å². The minimum Gasteiger partial charge on any atom is -0.493 e. The molecule has 4 heteroatoms. The van der Waals surface area contributed by atoms with E-state index < -0.39 is 0 Å². The number of rotatable bonds is 6. The molecule has 0 saturated heterocycles. The molecule has 1 heterocycles. The van der Waals surface area contributed by atoms with Crippen LogP contribution in [-0.4, -0.2) is 11.6 Å². The van der Waals surface area contributed by atoms with Crippen molar-refractivity contribution < 1.29 is 4.74 Å². The van der Waals surface area contributed by atoms with Crippen molar-refractivity contribution in [3.8, 4) is 11.8 Å². The van der Waals surface area contributed by atoms with Gasteiger partial charge in [-0.25, -0.2) is 4.98 Å². The van der Waals surface area contributed by atoms with Gasteiger partial charge in [0.2, 0.25) is 0 Å². The quantitative estimate of drug-likeness (QED) is 0.809. The van der Waals surface area contributed by atoms with Gasteiger partial charge >= 0.3 is 0 Å². The molecule has 0 spiro atoms. The molecule has 19 heavy (non-hydrogen) atoms. The topological polar surface area (TPSA) is 45.9 Å². The lowest BCUT2D eigenvalue weighted by Crippen LogP contribution is -2.01. The molecule has 0 saturated carbocycles. The fraction of sp³-hybridized carbons (Fsp3) is 0.333. The Morgan fingerprint density at radius 1 is 1.42 bits per heavy atom. The van der Waals surface area contributed by atoms with Crippen molar-refractivity contribution in [2.75, 3.05) is 6.61 Å². The molecule has 0 N–H and O–H groups in total. The number of ether oxygens (including phenoxy) is 1. The highest BCUT2D eigenvalue weighted by atomic mass is 32.1. The zero-order valence-corrected chi connectivity index (χ0v) is 11.7. The fourth-order valence-electron chi connectivity index (χ4n) is 1.74. The lowest BCUT2D eigenvalue weighted by molar-refractivity contribution is 0.321. The number of aryl methyl sites for hydroxylation is 1. The SMILES string of the molecule is CCc1cccc(OCCc2nc(CC#N)cs2)c1. The van der Waals surface area contributed by atoms with Crippen molar-refractivity contribution in [2.45, 2.75) is 26.2 Å². The van der Waals surface area contributed by atoms with Crippen LogP contribution in [0.1, 0.15) is 23.2 Å². The molecule has 0 aliphatic carbocycles. The average Bonchev–Trinajstić information content (AvgIpc) is 2.87. The number of nitrogens with zero attached hydrogens (tertiary/aromatic N) is 2. The monoisotopic (exact) mass is 272 g/mol. The van der Waals surface area contributed by atoms with Gasteiger partial charge in [0.25, 0.3) is 0 Å². The van der Waals surface area contributed by atoms with E-state index >= 15 is 0 Å². The van der Waals surface area contributed by atoms with Gasteiger partial charge in [-0.2, -0.15) is 5.26 Å². The molecule has 0 fully saturated rings. The molecule has 1 aromatic heterocycles. The summed E-state index contributed by atoms with van der Waals surface area (Å²) < 4.78 is 5.72. The summed E-state index contributed by atoms with van der Waals surface area (Å²) in [7, 11) is 0. The first-order chi connectivity index (χ1) is 9.31. The largest absolute Gasteiger partial charge is 0.493 e. The highest BCUT2D eigenvalue weighted by molar-refractivity contribution is 7.09. The summed E-state index contributed by atoms with van der Waals surface area (Å²) in [6.07, 6.45) is 2.18. The van der Waals surface area contributed by atoms with Crippen LogP contribution in [0.4, 0.5) is 0 Å².